The summed E-state index contributed by atoms with van der Waals surface area (Å²) in [6.45, 7) is 0. The zero-order valence-electron chi connectivity index (χ0n) is 30.4. The molecule has 57 heavy (non-hydrogen) atoms. The van der Waals surface area contributed by atoms with Crippen LogP contribution in [0.3, 0.4) is 0 Å². The lowest BCUT2D eigenvalue weighted by atomic mass is 10.0. The molecule has 0 saturated heterocycles. The average molecular weight is 731 g/mol. The lowest BCUT2D eigenvalue weighted by molar-refractivity contribution is 0.669. The minimum Gasteiger partial charge on any atom is -0.456 e. The van der Waals surface area contributed by atoms with Crippen molar-refractivity contribution >= 4 is 65.7 Å². The molecule has 0 fully saturated rings. The highest BCUT2D eigenvalue weighted by atomic mass is 16.3. The van der Waals surface area contributed by atoms with Crippen LogP contribution < -0.4 is 0 Å². The van der Waals surface area contributed by atoms with Crippen LogP contribution in [0.1, 0.15) is 0 Å². The number of benzene rings is 8. The number of para-hydroxylation sites is 2. The molecule has 0 unspecified atom stereocenters. The monoisotopic (exact) mass is 730 g/mol. The Morgan fingerprint density at radius 1 is 0.368 bits per heavy atom. The van der Waals surface area contributed by atoms with E-state index in [1.54, 1.807) is 0 Å². The lowest BCUT2D eigenvalue weighted by Gasteiger charge is -2.10. The molecular weight excluding hydrogens is 701 g/mol. The van der Waals surface area contributed by atoms with Gasteiger partial charge in [0, 0.05) is 54.7 Å². The van der Waals surface area contributed by atoms with Crippen LogP contribution in [0.15, 0.2) is 191 Å². The van der Waals surface area contributed by atoms with E-state index in [1.807, 2.05) is 72.8 Å². The van der Waals surface area contributed by atoms with E-state index < -0.39 is 0 Å². The average Bonchev–Trinajstić information content (AvgIpc) is 3.96. The van der Waals surface area contributed by atoms with Gasteiger partial charge in [-0.3, -0.25) is 0 Å². The van der Waals surface area contributed by atoms with E-state index in [2.05, 4.69) is 114 Å². The summed E-state index contributed by atoms with van der Waals surface area (Å²) < 4.78 is 15.5. The first-order valence-corrected chi connectivity index (χ1v) is 19.0. The van der Waals surface area contributed by atoms with Gasteiger partial charge < -0.3 is 13.4 Å². The topological polar surface area (TPSA) is 69.9 Å². The summed E-state index contributed by atoms with van der Waals surface area (Å²) in [6.07, 6.45) is 0. The standard InChI is InChI=1S/C51H30N4O2/c1-3-12-31(13-4-1)32-22-25-35(26-23-32)55-42-19-9-7-16-36(42)39-28-29-40-46-41(18-11-21-44(46)57-48(40)47(39)55)51-53-49(33-14-5-2-6-15-33)52-50(54-51)34-24-27-38-37-17-8-10-20-43(37)56-45(38)30-34/h1-30H. The number of nitrogens with zero attached hydrogens (tertiary/aromatic N) is 4. The number of furan rings is 2. The molecule has 266 valence electrons. The Bertz CT molecular complexity index is 3510. The third-order valence-corrected chi connectivity index (χ3v) is 11.1. The van der Waals surface area contributed by atoms with Crippen molar-refractivity contribution in [1.29, 1.82) is 0 Å². The molecule has 0 saturated carbocycles. The van der Waals surface area contributed by atoms with Gasteiger partial charge in [-0.15, -0.1) is 0 Å². The van der Waals surface area contributed by atoms with Crippen LogP contribution in [-0.2, 0) is 0 Å². The zero-order valence-corrected chi connectivity index (χ0v) is 30.4. The Morgan fingerprint density at radius 2 is 0.965 bits per heavy atom. The minimum atomic E-state index is 0.562. The number of rotatable bonds is 5. The Labute approximate surface area is 325 Å². The molecule has 0 aliphatic carbocycles. The van der Waals surface area contributed by atoms with E-state index in [0.717, 1.165) is 82.7 Å². The van der Waals surface area contributed by atoms with Crippen LogP contribution in [0.4, 0.5) is 0 Å². The van der Waals surface area contributed by atoms with Gasteiger partial charge in [-0.05, 0) is 59.7 Å². The molecule has 12 rings (SSSR count). The van der Waals surface area contributed by atoms with Gasteiger partial charge in [0.15, 0.2) is 23.1 Å². The number of aromatic nitrogens is 4. The first-order chi connectivity index (χ1) is 28.2. The number of fused-ring (bicyclic) bond motifs is 10. The summed E-state index contributed by atoms with van der Waals surface area (Å²) in [7, 11) is 0. The summed E-state index contributed by atoms with van der Waals surface area (Å²) in [4.78, 5) is 15.4. The Balaban J connectivity index is 1.08. The maximum Gasteiger partial charge on any atom is 0.164 e. The molecule has 6 heteroatoms. The van der Waals surface area contributed by atoms with E-state index in [1.165, 1.54) is 16.5 Å². The summed E-state index contributed by atoms with van der Waals surface area (Å²) in [5.41, 5.74) is 11.4. The van der Waals surface area contributed by atoms with E-state index in [-0.39, 0.29) is 0 Å². The molecule has 0 radical (unpaired) electrons. The van der Waals surface area contributed by atoms with Crippen molar-refractivity contribution in [1.82, 2.24) is 19.5 Å². The highest BCUT2D eigenvalue weighted by molar-refractivity contribution is 6.23. The molecule has 0 N–H and O–H groups in total. The van der Waals surface area contributed by atoms with Crippen molar-refractivity contribution < 1.29 is 8.83 Å². The van der Waals surface area contributed by atoms with Gasteiger partial charge in [-0.25, -0.2) is 15.0 Å². The quantitative estimate of drug-likeness (QED) is 0.176. The number of hydrogen-bond acceptors (Lipinski definition) is 5. The molecule has 6 nitrogen and oxygen atoms in total. The Morgan fingerprint density at radius 3 is 1.79 bits per heavy atom. The SMILES string of the molecule is c1ccc(-c2ccc(-n3c4ccccc4c4ccc5c(oc6cccc(-c7nc(-c8ccccc8)nc(-c8ccc9c(c8)oc8ccccc89)n7)c65)c43)cc2)cc1. The Kier molecular flexibility index (Phi) is 6.83. The maximum atomic E-state index is 6.91. The number of hydrogen-bond donors (Lipinski definition) is 0. The van der Waals surface area contributed by atoms with Crippen LogP contribution in [-0.4, -0.2) is 19.5 Å². The Hall–Kier alpha value is -7.83. The first kappa shape index (κ1) is 31.5. The fourth-order valence-corrected chi connectivity index (χ4v) is 8.43. The second kappa shape index (κ2) is 12.3. The molecule has 4 heterocycles. The second-order valence-electron chi connectivity index (χ2n) is 14.4. The largest absolute Gasteiger partial charge is 0.456 e. The van der Waals surface area contributed by atoms with Gasteiger partial charge in [0.1, 0.15) is 16.7 Å². The predicted octanol–water partition coefficient (Wildman–Crippen LogP) is 13.4. The van der Waals surface area contributed by atoms with E-state index in [9.17, 15) is 0 Å². The molecule has 0 atom stereocenters. The summed E-state index contributed by atoms with van der Waals surface area (Å²) in [5, 5.41) is 6.37. The predicted molar refractivity (Wildman–Crippen MR) is 230 cm³/mol. The lowest BCUT2D eigenvalue weighted by Crippen LogP contribution is -2.00. The van der Waals surface area contributed by atoms with Gasteiger partial charge in [-0.1, -0.05) is 133 Å². The molecule has 0 aliphatic rings. The molecule has 0 amide bonds. The third kappa shape index (κ3) is 4.94. The normalized spacial score (nSPS) is 11.9. The fraction of sp³-hybridized carbons (Fsp3) is 0. The third-order valence-electron chi connectivity index (χ3n) is 11.1. The molecule has 0 aliphatic heterocycles. The van der Waals surface area contributed by atoms with Crippen LogP contribution in [0, 0.1) is 0 Å². The summed E-state index contributed by atoms with van der Waals surface area (Å²) in [6, 6.07) is 62.7. The van der Waals surface area contributed by atoms with Crippen molar-refractivity contribution in [2.24, 2.45) is 0 Å². The van der Waals surface area contributed by atoms with E-state index >= 15 is 0 Å². The first-order valence-electron chi connectivity index (χ1n) is 19.0. The maximum absolute atomic E-state index is 6.91. The van der Waals surface area contributed by atoms with Crippen LogP contribution >= 0.6 is 0 Å². The van der Waals surface area contributed by atoms with Gasteiger partial charge in [0.25, 0.3) is 0 Å². The highest BCUT2D eigenvalue weighted by Crippen LogP contribution is 2.43. The van der Waals surface area contributed by atoms with Gasteiger partial charge in [0.2, 0.25) is 0 Å². The minimum absolute atomic E-state index is 0.562. The summed E-state index contributed by atoms with van der Waals surface area (Å²) >= 11 is 0. The van der Waals surface area contributed by atoms with Crippen LogP contribution in [0.25, 0.3) is 117 Å². The van der Waals surface area contributed by atoms with Crippen molar-refractivity contribution in [2.45, 2.75) is 0 Å². The highest BCUT2D eigenvalue weighted by Gasteiger charge is 2.23. The molecule has 0 spiro atoms. The van der Waals surface area contributed by atoms with Gasteiger partial charge in [0.05, 0.1) is 11.0 Å². The van der Waals surface area contributed by atoms with Gasteiger partial charge >= 0.3 is 0 Å². The van der Waals surface area contributed by atoms with Crippen molar-refractivity contribution in [2.75, 3.05) is 0 Å². The second-order valence-corrected chi connectivity index (χ2v) is 14.4. The smallest absolute Gasteiger partial charge is 0.164 e. The van der Waals surface area contributed by atoms with Crippen LogP contribution in [0.5, 0.6) is 0 Å². The van der Waals surface area contributed by atoms with E-state index in [0.29, 0.717) is 17.5 Å². The van der Waals surface area contributed by atoms with Crippen molar-refractivity contribution in [3.63, 3.8) is 0 Å². The van der Waals surface area contributed by atoms with Crippen molar-refractivity contribution in [3.8, 4) is 51.0 Å². The van der Waals surface area contributed by atoms with Crippen LogP contribution in [0.2, 0.25) is 0 Å². The molecular formula is C51H30N4O2. The molecule has 0 bridgehead atoms. The van der Waals surface area contributed by atoms with Crippen molar-refractivity contribution in [3.05, 3.63) is 182 Å². The fourth-order valence-electron chi connectivity index (χ4n) is 8.43. The van der Waals surface area contributed by atoms with Gasteiger partial charge in [-0.2, -0.15) is 0 Å². The zero-order chi connectivity index (χ0) is 37.5. The summed E-state index contributed by atoms with van der Waals surface area (Å²) in [5.74, 6) is 1.72. The molecule has 4 aromatic heterocycles. The van der Waals surface area contributed by atoms with E-state index in [4.69, 9.17) is 23.8 Å². The molecule has 12 aromatic rings. The molecule has 8 aromatic carbocycles.